The standard InChI is InChI=1S/C22H30N6O/c1-15-26-19(10-20(27-15)28-6-2-3-25-28)23-4-5-24-21(29)14-22-11-16-7-17(12-22)9-18(8-16)13-22/h2-3,6,10,16-18H,4-5,7-9,11-14H2,1H3,(H,24,29)(H,23,26,27). The number of nitrogens with one attached hydrogen (secondary N) is 2. The fourth-order valence-corrected chi connectivity index (χ4v) is 6.47. The highest BCUT2D eigenvalue weighted by atomic mass is 16.1. The maximum atomic E-state index is 12.6. The van der Waals surface area contributed by atoms with Gasteiger partial charge in [-0.2, -0.15) is 5.10 Å². The van der Waals surface area contributed by atoms with Crippen molar-refractivity contribution in [2.24, 2.45) is 23.2 Å². The van der Waals surface area contributed by atoms with Crippen molar-refractivity contribution < 1.29 is 4.79 Å². The first-order valence-electron chi connectivity index (χ1n) is 10.9. The lowest BCUT2D eigenvalue weighted by molar-refractivity contribution is -0.129. The van der Waals surface area contributed by atoms with E-state index in [0.717, 1.165) is 29.4 Å². The lowest BCUT2D eigenvalue weighted by Crippen LogP contribution is -2.48. The molecule has 0 unspecified atom stereocenters. The molecule has 0 atom stereocenters. The summed E-state index contributed by atoms with van der Waals surface area (Å²) in [5.74, 6) is 5.05. The summed E-state index contributed by atoms with van der Waals surface area (Å²) in [6, 6.07) is 3.74. The van der Waals surface area contributed by atoms with Crippen molar-refractivity contribution in [2.75, 3.05) is 18.4 Å². The molecule has 0 aromatic carbocycles. The van der Waals surface area contributed by atoms with E-state index in [9.17, 15) is 4.79 Å². The lowest BCUT2D eigenvalue weighted by Gasteiger charge is -2.56. The zero-order chi connectivity index (χ0) is 19.8. The normalized spacial score (nSPS) is 29.8. The lowest BCUT2D eigenvalue weighted by atomic mass is 9.49. The fraction of sp³-hybridized carbons (Fsp3) is 0.636. The van der Waals surface area contributed by atoms with Gasteiger partial charge in [0.15, 0.2) is 5.82 Å². The molecular formula is C22H30N6O. The van der Waals surface area contributed by atoms with Gasteiger partial charge < -0.3 is 10.6 Å². The molecule has 2 aromatic rings. The first-order chi connectivity index (χ1) is 14.1. The summed E-state index contributed by atoms with van der Waals surface area (Å²) >= 11 is 0. The number of amides is 1. The molecule has 4 aliphatic carbocycles. The van der Waals surface area contributed by atoms with Gasteiger partial charge >= 0.3 is 0 Å². The summed E-state index contributed by atoms with van der Waals surface area (Å²) in [7, 11) is 0. The van der Waals surface area contributed by atoms with Gasteiger partial charge in [-0.3, -0.25) is 4.79 Å². The Kier molecular flexibility index (Phi) is 4.76. The van der Waals surface area contributed by atoms with E-state index in [-0.39, 0.29) is 5.91 Å². The van der Waals surface area contributed by atoms with Crippen molar-refractivity contribution in [1.29, 1.82) is 0 Å². The van der Waals surface area contributed by atoms with Crippen LogP contribution in [-0.2, 0) is 4.79 Å². The summed E-state index contributed by atoms with van der Waals surface area (Å²) in [6.45, 7) is 3.11. The van der Waals surface area contributed by atoms with Crippen molar-refractivity contribution in [3.8, 4) is 5.82 Å². The van der Waals surface area contributed by atoms with E-state index in [2.05, 4.69) is 25.7 Å². The second-order valence-corrected chi connectivity index (χ2v) is 9.48. The zero-order valence-corrected chi connectivity index (χ0v) is 17.1. The number of aryl methyl sites for hydroxylation is 1. The molecule has 0 radical (unpaired) electrons. The molecule has 0 spiro atoms. The molecule has 4 fully saturated rings. The van der Waals surface area contributed by atoms with Crippen LogP contribution in [0, 0.1) is 30.1 Å². The predicted molar refractivity (Wildman–Crippen MR) is 111 cm³/mol. The average molecular weight is 395 g/mol. The molecule has 4 aliphatic rings. The number of hydrogen-bond acceptors (Lipinski definition) is 5. The first-order valence-corrected chi connectivity index (χ1v) is 10.9. The van der Waals surface area contributed by atoms with Gasteiger partial charge in [-0.1, -0.05) is 0 Å². The number of aromatic nitrogens is 4. The number of nitrogens with zero attached hydrogens (tertiary/aromatic N) is 4. The monoisotopic (exact) mass is 394 g/mol. The number of anilines is 1. The van der Waals surface area contributed by atoms with Crippen LogP contribution in [0.15, 0.2) is 24.5 Å². The SMILES string of the molecule is Cc1nc(NCCNC(=O)CC23CC4CC(CC(C4)C2)C3)cc(-n2cccn2)n1. The van der Waals surface area contributed by atoms with Crippen LogP contribution in [0.25, 0.3) is 5.82 Å². The Morgan fingerprint density at radius 1 is 1.14 bits per heavy atom. The summed E-state index contributed by atoms with van der Waals surface area (Å²) in [6.07, 6.45) is 12.4. The van der Waals surface area contributed by atoms with Crippen LogP contribution in [0.5, 0.6) is 0 Å². The van der Waals surface area contributed by atoms with Gasteiger partial charge in [-0.05, 0) is 74.7 Å². The Hall–Kier alpha value is -2.44. The van der Waals surface area contributed by atoms with Gasteiger partial charge in [-0.15, -0.1) is 0 Å². The minimum atomic E-state index is 0.213. The Balaban J connectivity index is 1.11. The Labute approximate surface area is 171 Å². The van der Waals surface area contributed by atoms with Crippen LogP contribution in [-0.4, -0.2) is 38.7 Å². The molecule has 4 saturated carbocycles. The molecular weight excluding hydrogens is 364 g/mol. The van der Waals surface area contributed by atoms with Crippen molar-refractivity contribution in [2.45, 2.75) is 51.9 Å². The Morgan fingerprint density at radius 3 is 2.52 bits per heavy atom. The molecule has 7 nitrogen and oxygen atoms in total. The number of hydrogen-bond donors (Lipinski definition) is 2. The molecule has 4 bridgehead atoms. The minimum Gasteiger partial charge on any atom is -0.368 e. The molecule has 2 aromatic heterocycles. The molecule has 2 heterocycles. The molecule has 1 amide bonds. The van der Waals surface area contributed by atoms with Gasteiger partial charge in [0.2, 0.25) is 5.91 Å². The van der Waals surface area contributed by atoms with E-state index in [1.807, 2.05) is 25.3 Å². The highest BCUT2D eigenvalue weighted by Gasteiger charge is 2.51. The smallest absolute Gasteiger partial charge is 0.220 e. The molecule has 0 aliphatic heterocycles. The molecule has 7 heteroatoms. The van der Waals surface area contributed by atoms with Crippen molar-refractivity contribution in [1.82, 2.24) is 25.1 Å². The van der Waals surface area contributed by atoms with Crippen LogP contribution < -0.4 is 10.6 Å². The van der Waals surface area contributed by atoms with E-state index in [4.69, 9.17) is 0 Å². The van der Waals surface area contributed by atoms with Crippen LogP contribution in [0.2, 0.25) is 0 Å². The number of carbonyl (C=O) groups is 1. The second-order valence-electron chi connectivity index (χ2n) is 9.48. The summed E-state index contributed by atoms with van der Waals surface area (Å²) in [5, 5.41) is 10.6. The van der Waals surface area contributed by atoms with Crippen molar-refractivity contribution in [3.63, 3.8) is 0 Å². The van der Waals surface area contributed by atoms with E-state index in [1.54, 1.807) is 10.9 Å². The fourth-order valence-electron chi connectivity index (χ4n) is 6.47. The van der Waals surface area contributed by atoms with E-state index < -0.39 is 0 Å². The topological polar surface area (TPSA) is 84.7 Å². The van der Waals surface area contributed by atoms with Crippen molar-refractivity contribution in [3.05, 3.63) is 30.4 Å². The van der Waals surface area contributed by atoms with Gasteiger partial charge in [-0.25, -0.2) is 14.6 Å². The van der Waals surface area contributed by atoms with Crippen LogP contribution >= 0.6 is 0 Å². The quantitative estimate of drug-likeness (QED) is 0.705. The third-order valence-electron chi connectivity index (χ3n) is 7.02. The minimum absolute atomic E-state index is 0.213. The van der Waals surface area contributed by atoms with Crippen molar-refractivity contribution >= 4 is 11.7 Å². The number of carbonyl (C=O) groups excluding carboxylic acids is 1. The van der Waals surface area contributed by atoms with Crippen LogP contribution in [0.4, 0.5) is 5.82 Å². The summed E-state index contributed by atoms with van der Waals surface area (Å²) < 4.78 is 1.72. The highest BCUT2D eigenvalue weighted by molar-refractivity contribution is 5.76. The molecule has 2 N–H and O–H groups in total. The largest absolute Gasteiger partial charge is 0.368 e. The van der Waals surface area contributed by atoms with E-state index >= 15 is 0 Å². The molecule has 154 valence electrons. The molecule has 0 saturated heterocycles. The molecule has 6 rings (SSSR count). The molecule has 29 heavy (non-hydrogen) atoms. The van der Waals surface area contributed by atoms with Gasteiger partial charge in [0.1, 0.15) is 11.6 Å². The highest BCUT2D eigenvalue weighted by Crippen LogP contribution is 2.61. The maximum Gasteiger partial charge on any atom is 0.220 e. The van der Waals surface area contributed by atoms with Gasteiger partial charge in [0, 0.05) is 38.0 Å². The number of rotatable bonds is 7. The third-order valence-corrected chi connectivity index (χ3v) is 7.02. The first kappa shape index (κ1) is 18.6. The second kappa shape index (κ2) is 7.43. The summed E-state index contributed by atoms with van der Waals surface area (Å²) in [4.78, 5) is 21.5. The predicted octanol–water partition coefficient (Wildman–Crippen LogP) is 3.11. The Bertz CT molecular complexity index is 842. The third kappa shape index (κ3) is 4.00. The van der Waals surface area contributed by atoms with E-state index in [0.29, 0.717) is 30.7 Å². The van der Waals surface area contributed by atoms with Crippen LogP contribution in [0.1, 0.15) is 50.8 Å². The Morgan fingerprint density at radius 2 is 1.86 bits per heavy atom. The van der Waals surface area contributed by atoms with Gasteiger partial charge in [0.05, 0.1) is 0 Å². The summed E-state index contributed by atoms with van der Waals surface area (Å²) in [5.41, 5.74) is 0.300. The van der Waals surface area contributed by atoms with Gasteiger partial charge in [0.25, 0.3) is 0 Å². The average Bonchev–Trinajstić information content (AvgIpc) is 3.18. The maximum absolute atomic E-state index is 12.6. The zero-order valence-electron chi connectivity index (χ0n) is 17.1. The van der Waals surface area contributed by atoms with Crippen LogP contribution in [0.3, 0.4) is 0 Å². The van der Waals surface area contributed by atoms with E-state index in [1.165, 1.54) is 38.5 Å².